The summed E-state index contributed by atoms with van der Waals surface area (Å²) in [4.78, 5) is 4.06. The normalized spacial score (nSPS) is 13.9. The molecule has 2 aromatic rings. The summed E-state index contributed by atoms with van der Waals surface area (Å²) in [6, 6.07) is 3.86. The second-order valence-corrected chi connectivity index (χ2v) is 4.57. The molecule has 110 valence electrons. The molecule has 0 fully saturated rings. The average molecular weight is 290 g/mol. The fraction of sp³-hybridized carbons (Fsp3) is 0.462. The van der Waals surface area contributed by atoms with Gasteiger partial charge in [0.1, 0.15) is 11.6 Å². The number of aryl methyl sites for hydroxylation is 1. The number of aliphatic hydroxyl groups is 1. The lowest BCUT2D eigenvalue weighted by Crippen LogP contribution is -2.31. The number of fused-ring (bicyclic) bond motifs is 1. The van der Waals surface area contributed by atoms with E-state index in [0.717, 1.165) is 0 Å². The van der Waals surface area contributed by atoms with E-state index in [-0.39, 0.29) is 5.82 Å². The molecule has 0 saturated heterocycles. The third-order valence-electron chi connectivity index (χ3n) is 2.99. The van der Waals surface area contributed by atoms with Gasteiger partial charge in [-0.3, -0.25) is 0 Å². The molecule has 3 nitrogen and oxygen atoms in total. The Hall–Kier alpha value is -1.63. The van der Waals surface area contributed by atoms with Crippen LogP contribution in [0.25, 0.3) is 11.0 Å². The Morgan fingerprint density at radius 2 is 2.05 bits per heavy atom. The fourth-order valence-electron chi connectivity index (χ4n) is 2.06. The zero-order chi connectivity index (χ0) is 14.9. The highest BCUT2D eigenvalue weighted by atomic mass is 19.4. The zero-order valence-corrected chi connectivity index (χ0v) is 10.8. The van der Waals surface area contributed by atoms with Gasteiger partial charge in [-0.15, -0.1) is 0 Å². The van der Waals surface area contributed by atoms with Gasteiger partial charge in [0, 0.05) is 13.0 Å². The minimum atomic E-state index is -4.69. The number of hydrogen-bond acceptors (Lipinski definition) is 2. The Morgan fingerprint density at radius 1 is 1.35 bits per heavy atom. The molecule has 0 aliphatic carbocycles. The summed E-state index contributed by atoms with van der Waals surface area (Å²) >= 11 is 0. The van der Waals surface area contributed by atoms with Crippen LogP contribution in [-0.2, 0) is 13.0 Å². The van der Waals surface area contributed by atoms with Crippen LogP contribution in [0.2, 0.25) is 0 Å². The molecule has 1 N–H and O–H groups in total. The van der Waals surface area contributed by atoms with Crippen molar-refractivity contribution in [3.8, 4) is 0 Å². The summed E-state index contributed by atoms with van der Waals surface area (Å²) in [5.41, 5.74) is 0.862. The summed E-state index contributed by atoms with van der Waals surface area (Å²) in [6.45, 7) is 2.27. The molecule has 0 saturated carbocycles. The van der Waals surface area contributed by atoms with Crippen LogP contribution < -0.4 is 0 Å². The Kier molecular flexibility index (Phi) is 3.99. The quantitative estimate of drug-likeness (QED) is 0.879. The van der Waals surface area contributed by atoms with E-state index in [4.69, 9.17) is 5.11 Å². The topological polar surface area (TPSA) is 38.0 Å². The van der Waals surface area contributed by atoms with Crippen molar-refractivity contribution in [1.82, 2.24) is 9.55 Å². The Morgan fingerprint density at radius 3 is 2.65 bits per heavy atom. The van der Waals surface area contributed by atoms with Crippen LogP contribution in [0, 0.1) is 5.82 Å². The molecule has 0 bridgehead atoms. The molecule has 0 aliphatic rings. The molecular weight excluding hydrogens is 276 g/mol. The Labute approximate surface area is 112 Å². The molecule has 1 aromatic carbocycles. The molecule has 2 rings (SSSR count). The van der Waals surface area contributed by atoms with Gasteiger partial charge < -0.3 is 9.67 Å². The van der Waals surface area contributed by atoms with Crippen LogP contribution in [0.3, 0.4) is 0 Å². The van der Waals surface area contributed by atoms with Gasteiger partial charge in [0.15, 0.2) is 6.10 Å². The second kappa shape index (κ2) is 5.40. The highest BCUT2D eigenvalue weighted by molar-refractivity contribution is 5.76. The number of aromatic nitrogens is 2. The molecule has 1 atom stereocenters. The van der Waals surface area contributed by atoms with E-state index in [1.807, 2.05) is 6.92 Å². The summed E-state index contributed by atoms with van der Waals surface area (Å²) in [6.07, 6.45) is -7.14. The van der Waals surface area contributed by atoms with Crippen molar-refractivity contribution in [2.24, 2.45) is 0 Å². The van der Waals surface area contributed by atoms with E-state index in [0.29, 0.717) is 24.0 Å². The SMILES string of the molecule is CCCn1c(CC(O)C(F)(F)F)nc2ccc(F)cc21. The minimum Gasteiger partial charge on any atom is -0.383 e. The average Bonchev–Trinajstić information content (AvgIpc) is 2.67. The zero-order valence-electron chi connectivity index (χ0n) is 10.8. The minimum absolute atomic E-state index is 0.109. The first kappa shape index (κ1) is 14.8. The highest BCUT2D eigenvalue weighted by Crippen LogP contribution is 2.25. The number of halogens is 4. The molecular formula is C13H14F4N2O. The number of hydrogen-bond donors (Lipinski definition) is 1. The molecule has 0 radical (unpaired) electrons. The van der Waals surface area contributed by atoms with Crippen molar-refractivity contribution in [2.45, 2.75) is 38.6 Å². The molecule has 7 heteroatoms. The van der Waals surface area contributed by atoms with Gasteiger partial charge in [-0.2, -0.15) is 13.2 Å². The first-order valence-corrected chi connectivity index (χ1v) is 6.22. The van der Waals surface area contributed by atoms with Crippen LogP contribution in [0.1, 0.15) is 19.2 Å². The smallest absolute Gasteiger partial charge is 0.383 e. The molecule has 0 spiro atoms. The molecule has 1 heterocycles. The standard InChI is InChI=1S/C13H14F4N2O/c1-2-5-19-10-6-8(14)3-4-9(10)18-12(19)7-11(20)13(15,16)17/h3-4,6,11,20H,2,5,7H2,1H3. The number of imidazole rings is 1. The third kappa shape index (κ3) is 2.92. The van der Waals surface area contributed by atoms with Crippen LogP contribution in [0.4, 0.5) is 17.6 Å². The first-order valence-electron chi connectivity index (χ1n) is 6.22. The lowest BCUT2D eigenvalue weighted by atomic mass is 10.2. The van der Waals surface area contributed by atoms with Gasteiger partial charge in [0.05, 0.1) is 11.0 Å². The van der Waals surface area contributed by atoms with Crippen molar-refractivity contribution < 1.29 is 22.7 Å². The maximum atomic E-state index is 13.2. The van der Waals surface area contributed by atoms with E-state index in [9.17, 15) is 17.6 Å². The maximum Gasteiger partial charge on any atom is 0.414 e. The van der Waals surface area contributed by atoms with Crippen LogP contribution in [0.5, 0.6) is 0 Å². The molecule has 0 aliphatic heterocycles. The largest absolute Gasteiger partial charge is 0.414 e. The second-order valence-electron chi connectivity index (χ2n) is 4.57. The highest BCUT2D eigenvalue weighted by Gasteiger charge is 2.39. The Bertz CT molecular complexity index is 606. The van der Waals surface area contributed by atoms with Gasteiger partial charge in [-0.25, -0.2) is 9.37 Å². The molecule has 0 amide bonds. The van der Waals surface area contributed by atoms with E-state index in [1.165, 1.54) is 22.8 Å². The summed E-state index contributed by atoms with van der Waals surface area (Å²) in [7, 11) is 0. The number of benzene rings is 1. The van der Waals surface area contributed by atoms with Crippen LogP contribution >= 0.6 is 0 Å². The first-order chi connectivity index (χ1) is 9.32. The lowest BCUT2D eigenvalue weighted by molar-refractivity contribution is -0.203. The van der Waals surface area contributed by atoms with Crippen LogP contribution in [0.15, 0.2) is 18.2 Å². The monoisotopic (exact) mass is 290 g/mol. The van der Waals surface area contributed by atoms with Crippen molar-refractivity contribution in [3.63, 3.8) is 0 Å². The summed E-state index contributed by atoms with van der Waals surface area (Å²) in [5.74, 6) is -0.366. The van der Waals surface area contributed by atoms with Gasteiger partial charge in [0.2, 0.25) is 0 Å². The predicted molar refractivity (Wildman–Crippen MR) is 65.7 cm³/mol. The third-order valence-corrected chi connectivity index (χ3v) is 2.99. The summed E-state index contributed by atoms with van der Waals surface area (Å²) in [5, 5.41) is 9.16. The summed E-state index contributed by atoms with van der Waals surface area (Å²) < 4.78 is 52.0. The number of aliphatic hydroxyl groups excluding tert-OH is 1. The number of nitrogens with zero attached hydrogens (tertiary/aromatic N) is 2. The molecule has 1 aromatic heterocycles. The van der Waals surface area contributed by atoms with Crippen molar-refractivity contribution in [3.05, 3.63) is 29.8 Å². The van der Waals surface area contributed by atoms with Gasteiger partial charge in [0.25, 0.3) is 0 Å². The molecule has 1 unspecified atom stereocenters. The van der Waals surface area contributed by atoms with Gasteiger partial charge in [-0.05, 0) is 24.6 Å². The van der Waals surface area contributed by atoms with Gasteiger partial charge in [-0.1, -0.05) is 6.92 Å². The maximum absolute atomic E-state index is 13.2. The van der Waals surface area contributed by atoms with Crippen molar-refractivity contribution >= 4 is 11.0 Å². The van der Waals surface area contributed by atoms with Crippen LogP contribution in [-0.4, -0.2) is 26.9 Å². The van der Waals surface area contributed by atoms with Gasteiger partial charge >= 0.3 is 6.18 Å². The Balaban J connectivity index is 2.44. The van der Waals surface area contributed by atoms with Crippen molar-refractivity contribution in [1.29, 1.82) is 0 Å². The van der Waals surface area contributed by atoms with Crippen molar-refractivity contribution in [2.75, 3.05) is 0 Å². The number of rotatable bonds is 4. The van der Waals surface area contributed by atoms with E-state index < -0.39 is 24.5 Å². The van der Waals surface area contributed by atoms with E-state index in [1.54, 1.807) is 0 Å². The fourth-order valence-corrected chi connectivity index (χ4v) is 2.06. The number of alkyl halides is 3. The lowest BCUT2D eigenvalue weighted by Gasteiger charge is -2.15. The molecule has 20 heavy (non-hydrogen) atoms. The van der Waals surface area contributed by atoms with E-state index >= 15 is 0 Å². The van der Waals surface area contributed by atoms with E-state index in [2.05, 4.69) is 4.98 Å². The predicted octanol–water partition coefficient (Wildman–Crippen LogP) is 3.05.